The first-order valence-electron chi connectivity index (χ1n) is 12.8. The second-order valence-corrected chi connectivity index (χ2v) is 10.0. The normalized spacial score (nSPS) is 15.3. The molecule has 0 spiro atoms. The highest BCUT2D eigenvalue weighted by molar-refractivity contribution is 6.30. The summed E-state index contributed by atoms with van der Waals surface area (Å²) in [5.74, 6) is 0.698. The zero-order chi connectivity index (χ0) is 26.5. The fourth-order valence-electron chi connectivity index (χ4n) is 4.86. The molecule has 5 rings (SSSR count). The number of hydrogen-bond acceptors (Lipinski definition) is 6. The molecule has 1 N–H and O–H groups in total. The van der Waals surface area contributed by atoms with Gasteiger partial charge in [0.05, 0.1) is 5.69 Å². The topological polar surface area (TPSA) is 86.8 Å². The van der Waals surface area contributed by atoms with Crippen molar-refractivity contribution in [1.29, 1.82) is 5.26 Å². The minimum Gasteiger partial charge on any atom is -0.369 e. The van der Waals surface area contributed by atoms with Gasteiger partial charge in [-0.1, -0.05) is 47.5 Å². The number of ketones is 1. The summed E-state index contributed by atoms with van der Waals surface area (Å²) in [6, 6.07) is 22.8. The van der Waals surface area contributed by atoms with E-state index in [4.69, 9.17) is 11.6 Å². The van der Waals surface area contributed by atoms with E-state index >= 15 is 0 Å². The largest absolute Gasteiger partial charge is 0.369 e. The Balaban J connectivity index is 1.32. The Morgan fingerprint density at radius 2 is 1.92 bits per heavy atom. The van der Waals surface area contributed by atoms with Crippen LogP contribution < -0.4 is 5.32 Å². The molecule has 0 saturated carbocycles. The Labute approximate surface area is 227 Å². The van der Waals surface area contributed by atoms with Crippen molar-refractivity contribution in [2.24, 2.45) is 0 Å². The third kappa shape index (κ3) is 5.62. The minimum atomic E-state index is -0.282. The fraction of sp³-hybridized carbons (Fsp3) is 0.267. The SMILES string of the molecule is Cc1ccc(C(=O)c2nn(-c3ccc(Cl)cc3)c(NCCCN3CCC(c4ccccn4)C3)c2C#N)cc1. The van der Waals surface area contributed by atoms with Crippen molar-refractivity contribution >= 4 is 23.2 Å². The Kier molecular flexibility index (Phi) is 7.83. The van der Waals surface area contributed by atoms with E-state index in [1.54, 1.807) is 28.9 Å². The van der Waals surface area contributed by atoms with E-state index in [0.29, 0.717) is 34.6 Å². The van der Waals surface area contributed by atoms with Crippen LogP contribution in [0.3, 0.4) is 0 Å². The Bertz CT molecular complexity index is 1440. The summed E-state index contributed by atoms with van der Waals surface area (Å²) in [5, 5.41) is 18.7. The lowest BCUT2D eigenvalue weighted by Crippen LogP contribution is -2.24. The Morgan fingerprint density at radius 3 is 2.63 bits per heavy atom. The molecule has 1 aliphatic rings. The molecular weight excluding hydrogens is 496 g/mol. The Hall–Kier alpha value is -3.99. The van der Waals surface area contributed by atoms with Crippen molar-refractivity contribution < 1.29 is 4.79 Å². The molecule has 7 nitrogen and oxygen atoms in total. The van der Waals surface area contributed by atoms with Crippen molar-refractivity contribution in [2.45, 2.75) is 25.7 Å². The average Bonchev–Trinajstić information content (AvgIpc) is 3.57. The molecule has 38 heavy (non-hydrogen) atoms. The predicted octanol–water partition coefficient (Wildman–Crippen LogP) is 5.62. The Morgan fingerprint density at radius 1 is 1.13 bits per heavy atom. The maximum absolute atomic E-state index is 13.4. The van der Waals surface area contributed by atoms with Gasteiger partial charge in [0.1, 0.15) is 17.5 Å². The van der Waals surface area contributed by atoms with Crippen molar-refractivity contribution in [3.05, 3.63) is 106 Å². The number of nitriles is 1. The third-order valence-corrected chi connectivity index (χ3v) is 7.17. The number of hydrogen-bond donors (Lipinski definition) is 1. The molecule has 2 aromatic carbocycles. The van der Waals surface area contributed by atoms with Crippen molar-refractivity contribution in [3.63, 3.8) is 0 Å². The van der Waals surface area contributed by atoms with Gasteiger partial charge in [0.2, 0.25) is 5.78 Å². The first-order chi connectivity index (χ1) is 18.5. The van der Waals surface area contributed by atoms with E-state index in [2.05, 4.69) is 32.4 Å². The monoisotopic (exact) mass is 524 g/mol. The molecule has 0 aliphatic carbocycles. The fourth-order valence-corrected chi connectivity index (χ4v) is 4.99. The van der Waals surface area contributed by atoms with Crippen molar-refractivity contribution in [3.8, 4) is 11.8 Å². The number of pyridine rings is 1. The molecule has 3 heterocycles. The first kappa shape index (κ1) is 25.7. The second-order valence-electron chi connectivity index (χ2n) is 9.59. The van der Waals surface area contributed by atoms with Crippen LogP contribution in [0.15, 0.2) is 72.9 Å². The summed E-state index contributed by atoms with van der Waals surface area (Å²) in [6.45, 7) is 5.58. The molecule has 0 amide bonds. The number of halogens is 1. The summed E-state index contributed by atoms with van der Waals surface area (Å²) in [4.78, 5) is 20.3. The number of rotatable bonds is 9. The quantitative estimate of drug-likeness (QED) is 0.226. The number of aryl methyl sites for hydroxylation is 1. The van der Waals surface area contributed by atoms with Gasteiger partial charge in [0, 0.05) is 41.5 Å². The molecule has 1 aliphatic heterocycles. The average molecular weight is 525 g/mol. The molecule has 0 bridgehead atoms. The second kappa shape index (κ2) is 11.6. The van der Waals surface area contributed by atoms with Crippen LogP contribution in [0.25, 0.3) is 5.69 Å². The molecule has 2 aromatic heterocycles. The highest BCUT2D eigenvalue weighted by Gasteiger charge is 2.26. The maximum atomic E-state index is 13.4. The number of aromatic nitrogens is 3. The molecule has 1 fully saturated rings. The lowest BCUT2D eigenvalue weighted by atomic mass is 10.0. The van der Waals surface area contributed by atoms with Crippen LogP contribution in [0.1, 0.15) is 51.6 Å². The van der Waals surface area contributed by atoms with Crippen LogP contribution in [0.2, 0.25) is 5.02 Å². The highest BCUT2D eigenvalue weighted by Crippen LogP contribution is 2.28. The molecule has 8 heteroatoms. The lowest BCUT2D eigenvalue weighted by molar-refractivity contribution is 0.103. The van der Waals surface area contributed by atoms with Gasteiger partial charge in [0.15, 0.2) is 5.69 Å². The number of nitrogens with zero attached hydrogens (tertiary/aromatic N) is 5. The summed E-state index contributed by atoms with van der Waals surface area (Å²) in [7, 11) is 0. The molecule has 0 radical (unpaired) electrons. The van der Waals surface area contributed by atoms with E-state index in [1.807, 2.05) is 49.5 Å². The van der Waals surface area contributed by atoms with Gasteiger partial charge in [-0.2, -0.15) is 10.4 Å². The smallest absolute Gasteiger partial charge is 0.214 e. The molecule has 1 atom stereocenters. The van der Waals surface area contributed by atoms with Crippen molar-refractivity contribution in [1.82, 2.24) is 19.7 Å². The number of anilines is 1. The van der Waals surface area contributed by atoms with Gasteiger partial charge in [-0.25, -0.2) is 4.68 Å². The van der Waals surface area contributed by atoms with Gasteiger partial charge < -0.3 is 10.2 Å². The van der Waals surface area contributed by atoms with Crippen LogP contribution >= 0.6 is 11.6 Å². The van der Waals surface area contributed by atoms with E-state index in [-0.39, 0.29) is 17.0 Å². The zero-order valence-corrected chi connectivity index (χ0v) is 22.0. The zero-order valence-electron chi connectivity index (χ0n) is 21.3. The van der Waals surface area contributed by atoms with E-state index in [0.717, 1.165) is 43.7 Å². The van der Waals surface area contributed by atoms with Crippen LogP contribution in [0.5, 0.6) is 0 Å². The molecule has 4 aromatic rings. The van der Waals surface area contributed by atoms with Gasteiger partial charge in [-0.15, -0.1) is 0 Å². The first-order valence-corrected chi connectivity index (χ1v) is 13.2. The molecule has 1 saturated heterocycles. The summed E-state index contributed by atoms with van der Waals surface area (Å²) >= 11 is 6.10. The maximum Gasteiger partial charge on any atom is 0.214 e. The lowest BCUT2D eigenvalue weighted by Gasteiger charge is -2.16. The van der Waals surface area contributed by atoms with E-state index in [1.165, 1.54) is 0 Å². The van der Waals surface area contributed by atoms with Gasteiger partial charge in [-0.3, -0.25) is 9.78 Å². The number of carbonyl (C=O) groups excluding carboxylic acids is 1. The standard InChI is InChI=1S/C30H29ClN6O/c1-21-6-8-22(9-7-21)29(38)28-26(19-32)30(37(35-28)25-12-10-24(31)11-13-25)34-16-4-17-36-18-14-23(20-36)27-5-2-3-15-33-27/h2-3,5-13,15,23,34H,4,14,16-18,20H2,1H3. The summed E-state index contributed by atoms with van der Waals surface area (Å²) in [5.41, 5.74) is 3.79. The van der Waals surface area contributed by atoms with E-state index in [9.17, 15) is 10.1 Å². The van der Waals surface area contributed by atoms with Gasteiger partial charge in [-0.05, 0) is 69.3 Å². The number of nitrogens with one attached hydrogen (secondary N) is 1. The summed E-state index contributed by atoms with van der Waals surface area (Å²) in [6.07, 6.45) is 3.85. The third-order valence-electron chi connectivity index (χ3n) is 6.92. The molecule has 1 unspecified atom stereocenters. The molecule has 192 valence electrons. The molecular formula is C30H29ClN6O. The van der Waals surface area contributed by atoms with Crippen LogP contribution in [0.4, 0.5) is 5.82 Å². The predicted molar refractivity (Wildman–Crippen MR) is 149 cm³/mol. The van der Waals surface area contributed by atoms with Gasteiger partial charge >= 0.3 is 0 Å². The number of benzene rings is 2. The number of likely N-dealkylation sites (tertiary alicyclic amines) is 1. The van der Waals surface area contributed by atoms with E-state index < -0.39 is 0 Å². The summed E-state index contributed by atoms with van der Waals surface area (Å²) < 4.78 is 1.63. The van der Waals surface area contributed by atoms with Crippen LogP contribution in [0, 0.1) is 18.3 Å². The highest BCUT2D eigenvalue weighted by atomic mass is 35.5. The number of carbonyl (C=O) groups is 1. The van der Waals surface area contributed by atoms with Gasteiger partial charge in [0.25, 0.3) is 0 Å². The van der Waals surface area contributed by atoms with Crippen LogP contribution in [-0.4, -0.2) is 51.6 Å². The van der Waals surface area contributed by atoms with Crippen molar-refractivity contribution in [2.75, 3.05) is 31.5 Å². The van der Waals surface area contributed by atoms with Crippen LogP contribution in [-0.2, 0) is 0 Å². The minimum absolute atomic E-state index is 0.131.